The maximum absolute atomic E-state index is 12.7. The van der Waals surface area contributed by atoms with E-state index in [1.54, 1.807) is 12.1 Å². The van der Waals surface area contributed by atoms with Gasteiger partial charge in [0.05, 0.1) is 4.90 Å². The smallest absolute Gasteiger partial charge is 0.255 e. The second-order valence-corrected chi connectivity index (χ2v) is 10.2. The summed E-state index contributed by atoms with van der Waals surface area (Å²) in [5.41, 5.74) is 3.06. The van der Waals surface area contributed by atoms with E-state index in [1.165, 1.54) is 17.7 Å². The van der Waals surface area contributed by atoms with Crippen molar-refractivity contribution in [2.24, 2.45) is 0 Å². The van der Waals surface area contributed by atoms with Crippen LogP contribution in [0.15, 0.2) is 83.8 Å². The van der Waals surface area contributed by atoms with Gasteiger partial charge < -0.3 is 10.6 Å². The topological polar surface area (TPSA) is 87.3 Å². The van der Waals surface area contributed by atoms with Gasteiger partial charge in [0.25, 0.3) is 5.91 Å². The zero-order valence-electron chi connectivity index (χ0n) is 18.6. The molecule has 1 aliphatic carbocycles. The molecule has 1 amide bonds. The average molecular weight is 464 g/mol. The van der Waals surface area contributed by atoms with E-state index in [9.17, 15) is 13.2 Å². The number of hydrogen-bond donors (Lipinski definition) is 3. The Morgan fingerprint density at radius 2 is 1.55 bits per heavy atom. The van der Waals surface area contributed by atoms with E-state index in [0.717, 1.165) is 31.4 Å². The molecule has 1 unspecified atom stereocenters. The van der Waals surface area contributed by atoms with Gasteiger partial charge in [-0.15, -0.1) is 0 Å². The third-order valence-corrected chi connectivity index (χ3v) is 7.43. The van der Waals surface area contributed by atoms with E-state index < -0.39 is 10.0 Å². The lowest BCUT2D eigenvalue weighted by atomic mass is 10.1. The van der Waals surface area contributed by atoms with Crippen molar-refractivity contribution in [2.45, 2.75) is 49.6 Å². The number of anilines is 2. The summed E-state index contributed by atoms with van der Waals surface area (Å²) in [7, 11) is -3.65. The Morgan fingerprint density at radius 1 is 0.879 bits per heavy atom. The first kappa shape index (κ1) is 23.0. The van der Waals surface area contributed by atoms with Crippen molar-refractivity contribution >= 4 is 27.3 Å². The maximum Gasteiger partial charge on any atom is 0.255 e. The van der Waals surface area contributed by atoms with Crippen molar-refractivity contribution in [3.63, 3.8) is 0 Å². The lowest BCUT2D eigenvalue weighted by Crippen LogP contribution is -2.32. The fourth-order valence-electron chi connectivity index (χ4n) is 4.06. The van der Waals surface area contributed by atoms with Crippen LogP contribution in [0.25, 0.3) is 0 Å². The molecule has 1 aliphatic rings. The molecule has 7 heteroatoms. The first-order chi connectivity index (χ1) is 15.9. The lowest BCUT2D eigenvalue weighted by molar-refractivity contribution is 0.102. The average Bonchev–Trinajstić information content (AvgIpc) is 3.33. The highest BCUT2D eigenvalue weighted by molar-refractivity contribution is 7.89. The van der Waals surface area contributed by atoms with E-state index in [-0.39, 0.29) is 22.9 Å². The number of amides is 1. The fraction of sp³-hybridized carbons (Fsp3) is 0.269. The molecule has 172 valence electrons. The molecule has 3 N–H and O–H groups in total. The van der Waals surface area contributed by atoms with E-state index in [4.69, 9.17) is 0 Å². The van der Waals surface area contributed by atoms with Gasteiger partial charge in [-0.25, -0.2) is 13.1 Å². The lowest BCUT2D eigenvalue weighted by Gasteiger charge is -2.16. The third kappa shape index (κ3) is 6.00. The maximum atomic E-state index is 12.7. The second-order valence-electron chi connectivity index (χ2n) is 8.44. The molecule has 3 aromatic rings. The predicted molar refractivity (Wildman–Crippen MR) is 132 cm³/mol. The Bertz CT molecular complexity index is 1190. The highest BCUT2D eigenvalue weighted by atomic mass is 32.2. The van der Waals surface area contributed by atoms with Crippen LogP contribution >= 0.6 is 0 Å². The Balaban J connectivity index is 1.39. The first-order valence-corrected chi connectivity index (χ1v) is 12.7. The van der Waals surface area contributed by atoms with E-state index in [1.807, 2.05) is 42.5 Å². The Kier molecular flexibility index (Phi) is 7.11. The van der Waals surface area contributed by atoms with E-state index in [2.05, 4.69) is 34.4 Å². The number of sulfonamides is 1. The molecule has 1 atom stereocenters. The first-order valence-electron chi connectivity index (χ1n) is 11.3. The Hall–Kier alpha value is -3.16. The zero-order chi connectivity index (χ0) is 23.3. The van der Waals surface area contributed by atoms with Crippen molar-refractivity contribution in [1.29, 1.82) is 0 Å². The summed E-state index contributed by atoms with van der Waals surface area (Å²) in [5, 5.41) is 6.28. The van der Waals surface area contributed by atoms with Crippen molar-refractivity contribution in [1.82, 2.24) is 4.72 Å². The molecule has 3 aromatic carbocycles. The van der Waals surface area contributed by atoms with E-state index >= 15 is 0 Å². The largest absolute Gasteiger partial charge is 0.379 e. The van der Waals surface area contributed by atoms with Crippen LogP contribution in [0.2, 0.25) is 0 Å². The van der Waals surface area contributed by atoms with Gasteiger partial charge in [0.2, 0.25) is 10.0 Å². The van der Waals surface area contributed by atoms with Crippen LogP contribution in [0, 0.1) is 0 Å². The van der Waals surface area contributed by atoms with Gasteiger partial charge >= 0.3 is 0 Å². The zero-order valence-corrected chi connectivity index (χ0v) is 19.4. The normalized spacial score (nSPS) is 15.2. The molecule has 4 rings (SSSR count). The Morgan fingerprint density at radius 3 is 2.24 bits per heavy atom. The quantitative estimate of drug-likeness (QED) is 0.421. The predicted octanol–water partition coefficient (Wildman–Crippen LogP) is 5.33. The van der Waals surface area contributed by atoms with Gasteiger partial charge in [-0.2, -0.15) is 0 Å². The van der Waals surface area contributed by atoms with Gasteiger partial charge in [0.15, 0.2) is 0 Å². The van der Waals surface area contributed by atoms with Crippen molar-refractivity contribution < 1.29 is 13.2 Å². The molecule has 6 nitrogen and oxygen atoms in total. The SMILES string of the molecule is CC(Nc1ccc(NC(=O)c2cccc(S(=O)(=O)NC3CCCC3)c2)cc1)c1ccccc1. The van der Waals surface area contributed by atoms with Crippen LogP contribution in [-0.2, 0) is 10.0 Å². The Labute approximate surface area is 195 Å². The number of rotatable bonds is 8. The summed E-state index contributed by atoms with van der Waals surface area (Å²) in [6, 6.07) is 23.9. The molecule has 0 aromatic heterocycles. The van der Waals surface area contributed by atoms with Crippen molar-refractivity contribution in [2.75, 3.05) is 10.6 Å². The molecule has 0 radical (unpaired) electrons. The third-order valence-electron chi connectivity index (χ3n) is 5.91. The molecular weight excluding hydrogens is 434 g/mol. The number of benzene rings is 3. The number of carbonyl (C=O) groups excluding carboxylic acids is 1. The van der Waals surface area contributed by atoms with Crippen LogP contribution < -0.4 is 15.4 Å². The van der Waals surface area contributed by atoms with Crippen LogP contribution in [0.4, 0.5) is 11.4 Å². The minimum absolute atomic E-state index is 0.0239. The minimum atomic E-state index is -3.65. The van der Waals surface area contributed by atoms with Gasteiger partial charge in [-0.1, -0.05) is 49.2 Å². The monoisotopic (exact) mass is 463 g/mol. The molecule has 0 saturated heterocycles. The molecule has 0 spiro atoms. The summed E-state index contributed by atoms with van der Waals surface area (Å²) < 4.78 is 28.2. The van der Waals surface area contributed by atoms with Crippen LogP contribution in [0.1, 0.15) is 54.6 Å². The van der Waals surface area contributed by atoms with Gasteiger partial charge in [-0.3, -0.25) is 4.79 Å². The summed E-state index contributed by atoms with van der Waals surface area (Å²) >= 11 is 0. The van der Waals surface area contributed by atoms with Crippen LogP contribution in [0.5, 0.6) is 0 Å². The highest BCUT2D eigenvalue weighted by Crippen LogP contribution is 2.23. The molecule has 33 heavy (non-hydrogen) atoms. The van der Waals surface area contributed by atoms with Crippen molar-refractivity contribution in [3.8, 4) is 0 Å². The summed E-state index contributed by atoms with van der Waals surface area (Å²) in [5.74, 6) is -0.355. The number of hydrogen-bond acceptors (Lipinski definition) is 4. The molecule has 0 aliphatic heterocycles. The van der Waals surface area contributed by atoms with Gasteiger partial charge in [0.1, 0.15) is 0 Å². The summed E-state index contributed by atoms with van der Waals surface area (Å²) in [6.07, 6.45) is 3.78. The summed E-state index contributed by atoms with van der Waals surface area (Å²) in [6.45, 7) is 2.09. The van der Waals surface area contributed by atoms with Gasteiger partial charge in [0, 0.05) is 29.0 Å². The fourth-order valence-corrected chi connectivity index (χ4v) is 5.41. The summed E-state index contributed by atoms with van der Waals surface area (Å²) in [4.78, 5) is 12.9. The second kappa shape index (κ2) is 10.2. The highest BCUT2D eigenvalue weighted by Gasteiger charge is 2.23. The molecule has 1 fully saturated rings. The van der Waals surface area contributed by atoms with Gasteiger partial charge in [-0.05, 0) is 67.8 Å². The van der Waals surface area contributed by atoms with Crippen LogP contribution in [-0.4, -0.2) is 20.4 Å². The number of carbonyl (C=O) groups is 1. The van der Waals surface area contributed by atoms with E-state index in [0.29, 0.717) is 11.3 Å². The van der Waals surface area contributed by atoms with Crippen molar-refractivity contribution in [3.05, 3.63) is 90.0 Å². The molecule has 0 heterocycles. The molecule has 1 saturated carbocycles. The standard InChI is InChI=1S/C26H29N3O3S/c1-19(20-8-3-2-4-9-20)27-22-14-16-23(17-15-22)28-26(30)21-10-7-13-25(18-21)33(31,32)29-24-11-5-6-12-24/h2-4,7-10,13-19,24,27,29H,5-6,11-12H2,1H3,(H,28,30). The molecular formula is C26H29N3O3S. The van der Waals surface area contributed by atoms with Crippen LogP contribution in [0.3, 0.4) is 0 Å². The number of nitrogens with one attached hydrogen (secondary N) is 3. The molecule has 0 bridgehead atoms. The minimum Gasteiger partial charge on any atom is -0.379 e.